The van der Waals surface area contributed by atoms with Crippen LogP contribution in [0.5, 0.6) is 0 Å². The molecule has 328 valence electrons. The molecule has 0 radical (unpaired) electrons. The molecular weight excluding hydrogens is 711 g/mol. The molecule has 0 saturated carbocycles. The minimum atomic E-state index is -0.271. The fourth-order valence-corrected chi connectivity index (χ4v) is 8.66. The lowest BCUT2D eigenvalue weighted by Crippen LogP contribution is -3.00. The number of unbranched alkanes of at least 4 members (excludes halogenated alkanes) is 26. The number of β-amino-alcohol motifs (C(OH)–C–C–N with tert-alkyl or cyclic N) is 2. The average Bonchev–Trinajstić information content (AvgIpc) is 3.08. The van der Waals surface area contributed by atoms with Gasteiger partial charge in [-0.15, -0.1) is 0 Å². The molecule has 0 aromatic carbocycles. The molecule has 1 heterocycles. The van der Waals surface area contributed by atoms with Crippen LogP contribution in [0.25, 0.3) is 0 Å². The van der Waals surface area contributed by atoms with Crippen molar-refractivity contribution in [2.24, 2.45) is 0 Å². The van der Waals surface area contributed by atoms with Gasteiger partial charge in [-0.2, -0.15) is 0 Å². The van der Waals surface area contributed by atoms with Gasteiger partial charge in [0, 0.05) is 39.3 Å². The predicted molar refractivity (Wildman–Crippen MR) is 229 cm³/mol. The van der Waals surface area contributed by atoms with Crippen molar-refractivity contribution < 1.29 is 44.0 Å². The van der Waals surface area contributed by atoms with E-state index in [2.05, 4.69) is 51.8 Å². The van der Waals surface area contributed by atoms with Crippen LogP contribution in [0.4, 0.5) is 0 Å². The van der Waals surface area contributed by atoms with Crippen LogP contribution in [0.2, 0.25) is 0 Å². The van der Waals surface area contributed by atoms with E-state index in [9.17, 15) is 10.2 Å². The molecule has 1 saturated heterocycles. The summed E-state index contributed by atoms with van der Waals surface area (Å²) in [5.41, 5.74) is 0. The number of aliphatic hydroxyl groups is 2. The minimum Gasteiger partial charge on any atom is -1.00 e. The fourth-order valence-electron chi connectivity index (χ4n) is 8.66. The van der Waals surface area contributed by atoms with Gasteiger partial charge in [-0.3, -0.25) is 9.80 Å². The number of hydrogen-bond donors (Lipinski definition) is 2. The molecule has 0 aromatic heterocycles. The first-order chi connectivity index (χ1) is 25.1. The Balaban J connectivity index is 0. The summed E-state index contributed by atoms with van der Waals surface area (Å²) in [5.74, 6) is 0. The lowest BCUT2D eigenvalue weighted by atomic mass is 10.0. The Morgan fingerprint density at radius 1 is 0.370 bits per heavy atom. The van der Waals surface area contributed by atoms with E-state index in [1.54, 1.807) is 0 Å². The molecule has 0 bridgehead atoms. The van der Waals surface area contributed by atoms with Gasteiger partial charge in [0.15, 0.2) is 0 Å². The lowest BCUT2D eigenvalue weighted by molar-refractivity contribution is -0.893. The molecule has 0 aromatic rings. The van der Waals surface area contributed by atoms with Gasteiger partial charge in [-0.25, -0.2) is 0 Å². The molecule has 1 fully saturated rings. The summed E-state index contributed by atoms with van der Waals surface area (Å²) in [7, 11) is 9.18. The van der Waals surface area contributed by atoms with Gasteiger partial charge in [0.1, 0.15) is 25.3 Å². The van der Waals surface area contributed by atoms with Crippen LogP contribution < -0.4 is 24.8 Å². The quantitative estimate of drug-likeness (QED) is 0.0716. The number of rotatable bonds is 38. The number of aliphatic hydroxyl groups excluding tert-OH is 2. The molecule has 0 aliphatic carbocycles. The number of nitrogens with zero attached hydrogens (tertiary/aromatic N) is 4. The number of piperazine rings is 1. The Bertz CT molecular complexity index is 705. The van der Waals surface area contributed by atoms with E-state index in [-0.39, 0.29) is 37.0 Å². The number of halogens is 2. The first kappa shape index (κ1) is 56.4. The second-order valence-electron chi connectivity index (χ2n) is 18.8. The van der Waals surface area contributed by atoms with Crippen LogP contribution >= 0.6 is 0 Å². The zero-order valence-electron chi connectivity index (χ0n) is 37.5. The monoisotopic (exact) mass is 809 g/mol. The molecule has 1 aliphatic heterocycles. The van der Waals surface area contributed by atoms with Gasteiger partial charge >= 0.3 is 0 Å². The third-order valence-electron chi connectivity index (χ3n) is 12.0. The summed E-state index contributed by atoms with van der Waals surface area (Å²) in [6, 6.07) is 0. The van der Waals surface area contributed by atoms with Crippen molar-refractivity contribution in [3.05, 3.63) is 0 Å². The third kappa shape index (κ3) is 35.5. The van der Waals surface area contributed by atoms with Crippen LogP contribution in [0.15, 0.2) is 0 Å². The van der Waals surface area contributed by atoms with E-state index in [4.69, 9.17) is 0 Å². The maximum atomic E-state index is 11.0. The molecule has 1 aliphatic rings. The highest BCUT2D eigenvalue weighted by atomic mass is 35.5. The van der Waals surface area contributed by atoms with Crippen LogP contribution in [-0.2, 0) is 0 Å². The van der Waals surface area contributed by atoms with Gasteiger partial charge in [-0.1, -0.05) is 168 Å². The van der Waals surface area contributed by atoms with E-state index in [1.165, 1.54) is 180 Å². The van der Waals surface area contributed by atoms with E-state index in [0.29, 0.717) is 0 Å². The Kier molecular flexibility index (Phi) is 39.3. The van der Waals surface area contributed by atoms with Crippen molar-refractivity contribution in [2.45, 2.75) is 206 Å². The second-order valence-corrected chi connectivity index (χ2v) is 18.8. The molecule has 2 N–H and O–H groups in total. The van der Waals surface area contributed by atoms with Crippen LogP contribution in [-0.4, -0.2) is 135 Å². The normalized spacial score (nSPS) is 15.6. The van der Waals surface area contributed by atoms with E-state index < -0.39 is 0 Å². The highest BCUT2D eigenvalue weighted by Gasteiger charge is 2.27. The van der Waals surface area contributed by atoms with Crippen LogP contribution in [0.3, 0.4) is 0 Å². The van der Waals surface area contributed by atoms with Crippen molar-refractivity contribution in [2.75, 3.05) is 93.6 Å². The predicted octanol–water partition coefficient (Wildman–Crippen LogP) is 4.45. The highest BCUT2D eigenvalue weighted by molar-refractivity contribution is 4.76. The second kappa shape index (κ2) is 37.6. The van der Waals surface area contributed by atoms with E-state index >= 15 is 0 Å². The number of hydrogen-bond acceptors (Lipinski definition) is 4. The topological polar surface area (TPSA) is 46.9 Å². The molecular formula is C46H98Cl2N4O2. The molecule has 6 nitrogen and oxygen atoms in total. The van der Waals surface area contributed by atoms with Crippen molar-refractivity contribution in [1.82, 2.24) is 9.80 Å². The number of likely N-dealkylation sites (N-methyl/N-ethyl adjacent to an activating group) is 2. The summed E-state index contributed by atoms with van der Waals surface area (Å²) in [4.78, 5) is 4.88. The Hall–Kier alpha value is 0.340. The molecule has 1 rings (SSSR count). The van der Waals surface area contributed by atoms with Crippen LogP contribution in [0, 0.1) is 0 Å². The summed E-state index contributed by atoms with van der Waals surface area (Å²) >= 11 is 0. The first-order valence-electron chi connectivity index (χ1n) is 23.5. The molecule has 0 amide bonds. The lowest BCUT2D eigenvalue weighted by Gasteiger charge is -2.39. The van der Waals surface area contributed by atoms with E-state index in [0.717, 1.165) is 74.4 Å². The summed E-state index contributed by atoms with van der Waals surface area (Å²) in [5, 5.41) is 22.0. The average molecular weight is 810 g/mol. The Labute approximate surface area is 352 Å². The largest absolute Gasteiger partial charge is 1.00 e. The van der Waals surface area contributed by atoms with Gasteiger partial charge in [0.05, 0.1) is 41.3 Å². The zero-order chi connectivity index (χ0) is 38.2. The zero-order valence-corrected chi connectivity index (χ0v) is 39.0. The molecule has 8 heteroatoms. The standard InChI is InChI=1S/C46H98N4O2.2ClH/c1-7-9-11-13-15-17-19-21-23-25-27-29-31-33-39-49(3,4)43-45(51)41-47-35-37-48(38-36-47)42-46(52)44-50(5,6)40-34-32-30-28-26-24-22-20-18-16-14-12-10-8-2;;/h45-46,51-52H,7-44H2,1-6H3;2*1H/q+2;;/p-2. The summed E-state index contributed by atoms with van der Waals surface area (Å²) < 4.78 is 1.83. The molecule has 54 heavy (non-hydrogen) atoms. The SMILES string of the molecule is CCCCCCCCCCCCCCCC[N+](C)(C)CC(O)CN1CCN(CC(O)C[N+](C)(C)CCCCCCCCCCCCCCCC)CC1.[Cl-].[Cl-]. The Morgan fingerprint density at radius 3 is 0.796 bits per heavy atom. The maximum absolute atomic E-state index is 11.0. The van der Waals surface area contributed by atoms with Gasteiger partial charge in [-0.05, 0) is 25.7 Å². The van der Waals surface area contributed by atoms with Gasteiger partial charge in [0.25, 0.3) is 0 Å². The minimum absolute atomic E-state index is 0. The Morgan fingerprint density at radius 2 is 0.574 bits per heavy atom. The van der Waals surface area contributed by atoms with Gasteiger partial charge < -0.3 is 44.0 Å². The smallest absolute Gasteiger partial charge is 0.115 e. The van der Waals surface area contributed by atoms with Crippen molar-refractivity contribution >= 4 is 0 Å². The van der Waals surface area contributed by atoms with Gasteiger partial charge in [0.2, 0.25) is 0 Å². The third-order valence-corrected chi connectivity index (χ3v) is 12.0. The van der Waals surface area contributed by atoms with Crippen molar-refractivity contribution in [1.29, 1.82) is 0 Å². The fraction of sp³-hybridized carbons (Fsp3) is 1.00. The van der Waals surface area contributed by atoms with E-state index in [1.807, 2.05) is 0 Å². The maximum Gasteiger partial charge on any atom is 0.115 e. The summed E-state index contributed by atoms with van der Waals surface area (Å²) in [6.07, 6.45) is 38.7. The summed E-state index contributed by atoms with van der Waals surface area (Å²) in [6.45, 7) is 14.1. The molecule has 0 spiro atoms. The van der Waals surface area contributed by atoms with Crippen LogP contribution in [0.1, 0.15) is 194 Å². The van der Waals surface area contributed by atoms with Crippen molar-refractivity contribution in [3.63, 3.8) is 0 Å². The highest BCUT2D eigenvalue weighted by Crippen LogP contribution is 2.16. The molecule has 2 atom stereocenters. The number of quaternary nitrogens is 2. The first-order valence-corrected chi connectivity index (χ1v) is 23.5. The van der Waals surface area contributed by atoms with Crippen molar-refractivity contribution in [3.8, 4) is 0 Å². The molecule has 2 unspecified atom stereocenters.